The first kappa shape index (κ1) is 14.6. The Hall–Kier alpha value is -1.44. The summed E-state index contributed by atoms with van der Waals surface area (Å²) in [5.74, 6) is -1.08. The predicted octanol–water partition coefficient (Wildman–Crippen LogP) is 0.144. The van der Waals surface area contributed by atoms with E-state index >= 15 is 0 Å². The number of aliphatic hydroxyl groups is 1. The fourth-order valence-corrected chi connectivity index (χ4v) is 2.88. The van der Waals surface area contributed by atoms with E-state index in [1.807, 2.05) is 0 Å². The summed E-state index contributed by atoms with van der Waals surface area (Å²) in [6.07, 6.45) is -0.300. The SMILES string of the molecule is O=C(O)CCN(CCO)S(=O)(=O)c1ccccc1. The lowest BCUT2D eigenvalue weighted by atomic mass is 10.4. The zero-order chi connectivity index (χ0) is 13.6. The maximum absolute atomic E-state index is 12.2. The minimum Gasteiger partial charge on any atom is -0.481 e. The second kappa shape index (κ2) is 6.48. The van der Waals surface area contributed by atoms with E-state index in [0.717, 1.165) is 4.31 Å². The highest BCUT2D eigenvalue weighted by Crippen LogP contribution is 2.15. The molecule has 0 aromatic heterocycles. The second-order valence-corrected chi connectivity index (χ2v) is 5.52. The van der Waals surface area contributed by atoms with Crippen molar-refractivity contribution in [3.63, 3.8) is 0 Å². The summed E-state index contributed by atoms with van der Waals surface area (Å²) in [5.41, 5.74) is 0. The lowest BCUT2D eigenvalue weighted by Crippen LogP contribution is -2.35. The van der Waals surface area contributed by atoms with Crippen molar-refractivity contribution < 1.29 is 23.4 Å². The van der Waals surface area contributed by atoms with Gasteiger partial charge in [0.05, 0.1) is 17.9 Å². The van der Waals surface area contributed by atoms with E-state index in [1.165, 1.54) is 12.1 Å². The van der Waals surface area contributed by atoms with Crippen LogP contribution in [-0.2, 0) is 14.8 Å². The Morgan fingerprint density at radius 2 is 1.78 bits per heavy atom. The summed E-state index contributed by atoms with van der Waals surface area (Å²) in [7, 11) is -3.75. The third-order valence-electron chi connectivity index (χ3n) is 2.31. The summed E-state index contributed by atoms with van der Waals surface area (Å²) in [6.45, 7) is -0.636. The number of hydrogen-bond acceptors (Lipinski definition) is 4. The van der Waals surface area contributed by atoms with Gasteiger partial charge in [-0.3, -0.25) is 4.79 Å². The van der Waals surface area contributed by atoms with Gasteiger partial charge >= 0.3 is 5.97 Å². The van der Waals surface area contributed by atoms with Crippen molar-refractivity contribution in [2.75, 3.05) is 19.7 Å². The molecule has 1 rings (SSSR count). The van der Waals surface area contributed by atoms with Crippen LogP contribution in [0, 0.1) is 0 Å². The molecule has 0 aliphatic heterocycles. The van der Waals surface area contributed by atoms with Crippen molar-refractivity contribution in [3.8, 4) is 0 Å². The minimum absolute atomic E-state index is 0.0869. The molecule has 2 N–H and O–H groups in total. The quantitative estimate of drug-likeness (QED) is 0.737. The first-order valence-corrected chi connectivity index (χ1v) is 6.80. The lowest BCUT2D eigenvalue weighted by molar-refractivity contribution is -0.137. The molecule has 0 radical (unpaired) electrons. The van der Waals surface area contributed by atoms with Crippen LogP contribution in [-0.4, -0.2) is 48.6 Å². The van der Waals surface area contributed by atoms with Gasteiger partial charge in [0.2, 0.25) is 10.0 Å². The van der Waals surface area contributed by atoms with E-state index in [9.17, 15) is 13.2 Å². The van der Waals surface area contributed by atoms with E-state index in [1.54, 1.807) is 18.2 Å². The van der Waals surface area contributed by atoms with Crippen LogP contribution in [0.4, 0.5) is 0 Å². The summed E-state index contributed by atoms with van der Waals surface area (Å²) in [5, 5.41) is 17.4. The Bertz CT molecular complexity index is 485. The molecule has 0 saturated carbocycles. The Labute approximate surface area is 106 Å². The van der Waals surface area contributed by atoms with Gasteiger partial charge < -0.3 is 10.2 Å². The molecule has 1 aromatic rings. The molecule has 18 heavy (non-hydrogen) atoms. The van der Waals surface area contributed by atoms with Crippen molar-refractivity contribution in [3.05, 3.63) is 30.3 Å². The van der Waals surface area contributed by atoms with Crippen LogP contribution >= 0.6 is 0 Å². The minimum atomic E-state index is -3.75. The zero-order valence-corrected chi connectivity index (χ0v) is 10.5. The molecule has 6 nitrogen and oxygen atoms in total. The van der Waals surface area contributed by atoms with Gasteiger partial charge in [0.25, 0.3) is 0 Å². The predicted molar refractivity (Wildman–Crippen MR) is 64.5 cm³/mol. The van der Waals surface area contributed by atoms with E-state index in [4.69, 9.17) is 10.2 Å². The number of nitrogens with zero attached hydrogens (tertiary/aromatic N) is 1. The van der Waals surface area contributed by atoms with Gasteiger partial charge in [-0.2, -0.15) is 4.31 Å². The number of benzene rings is 1. The molecule has 1 aromatic carbocycles. The Morgan fingerprint density at radius 1 is 1.17 bits per heavy atom. The smallest absolute Gasteiger partial charge is 0.304 e. The molecule has 0 aliphatic carbocycles. The molecule has 0 spiro atoms. The zero-order valence-electron chi connectivity index (χ0n) is 9.69. The highest BCUT2D eigenvalue weighted by Gasteiger charge is 2.24. The average Bonchev–Trinajstić information content (AvgIpc) is 2.35. The number of aliphatic hydroxyl groups excluding tert-OH is 1. The van der Waals surface area contributed by atoms with Gasteiger partial charge in [0.1, 0.15) is 0 Å². The lowest BCUT2D eigenvalue weighted by Gasteiger charge is -2.20. The van der Waals surface area contributed by atoms with E-state index in [-0.39, 0.29) is 31.0 Å². The molecular formula is C11H15NO5S. The molecule has 0 bridgehead atoms. The van der Waals surface area contributed by atoms with Crippen LogP contribution in [0.1, 0.15) is 6.42 Å². The Morgan fingerprint density at radius 3 is 2.28 bits per heavy atom. The van der Waals surface area contributed by atoms with E-state index in [0.29, 0.717) is 0 Å². The van der Waals surface area contributed by atoms with Gasteiger partial charge in [-0.15, -0.1) is 0 Å². The highest BCUT2D eigenvalue weighted by molar-refractivity contribution is 7.89. The van der Waals surface area contributed by atoms with E-state index in [2.05, 4.69) is 0 Å². The van der Waals surface area contributed by atoms with Crippen LogP contribution in [0.15, 0.2) is 35.2 Å². The monoisotopic (exact) mass is 273 g/mol. The molecule has 0 fully saturated rings. The van der Waals surface area contributed by atoms with Crippen LogP contribution in [0.5, 0.6) is 0 Å². The fourth-order valence-electron chi connectivity index (χ4n) is 1.43. The van der Waals surface area contributed by atoms with Crippen LogP contribution in [0.25, 0.3) is 0 Å². The van der Waals surface area contributed by atoms with Crippen molar-refractivity contribution in [1.82, 2.24) is 4.31 Å². The van der Waals surface area contributed by atoms with Gasteiger partial charge in [0.15, 0.2) is 0 Å². The first-order chi connectivity index (χ1) is 8.48. The maximum Gasteiger partial charge on any atom is 0.304 e. The molecular weight excluding hydrogens is 258 g/mol. The number of carboxylic acids is 1. The highest BCUT2D eigenvalue weighted by atomic mass is 32.2. The third kappa shape index (κ3) is 3.80. The van der Waals surface area contributed by atoms with Crippen molar-refractivity contribution in [2.24, 2.45) is 0 Å². The molecule has 0 unspecified atom stereocenters. The van der Waals surface area contributed by atoms with Gasteiger partial charge in [-0.25, -0.2) is 8.42 Å². The number of rotatable bonds is 7. The number of aliphatic carboxylic acids is 1. The normalized spacial score (nSPS) is 11.7. The van der Waals surface area contributed by atoms with Crippen molar-refractivity contribution in [1.29, 1.82) is 0 Å². The fraction of sp³-hybridized carbons (Fsp3) is 0.364. The molecule has 0 amide bonds. The summed E-state index contributed by atoms with van der Waals surface area (Å²) < 4.78 is 25.3. The molecule has 0 aliphatic rings. The molecule has 0 heterocycles. The number of carbonyl (C=O) groups is 1. The van der Waals surface area contributed by atoms with E-state index < -0.39 is 16.0 Å². The Kier molecular flexibility index (Phi) is 5.26. The van der Waals surface area contributed by atoms with Crippen molar-refractivity contribution in [2.45, 2.75) is 11.3 Å². The average molecular weight is 273 g/mol. The molecule has 100 valence electrons. The Balaban J connectivity index is 2.93. The number of carboxylic acid groups (broad SMARTS) is 1. The summed E-state index contributed by atoms with van der Waals surface area (Å²) >= 11 is 0. The molecule has 0 atom stereocenters. The number of sulfonamides is 1. The number of hydrogen-bond donors (Lipinski definition) is 2. The molecule has 0 saturated heterocycles. The van der Waals surface area contributed by atoms with Gasteiger partial charge in [-0.1, -0.05) is 18.2 Å². The first-order valence-electron chi connectivity index (χ1n) is 5.36. The maximum atomic E-state index is 12.2. The van der Waals surface area contributed by atoms with Crippen molar-refractivity contribution >= 4 is 16.0 Å². The second-order valence-electron chi connectivity index (χ2n) is 3.58. The summed E-state index contributed by atoms with van der Waals surface area (Å²) in [4.78, 5) is 10.6. The van der Waals surface area contributed by atoms with Crippen LogP contribution in [0.2, 0.25) is 0 Å². The van der Waals surface area contributed by atoms with Crippen LogP contribution in [0.3, 0.4) is 0 Å². The van der Waals surface area contributed by atoms with Gasteiger partial charge in [0, 0.05) is 13.1 Å². The summed E-state index contributed by atoms with van der Waals surface area (Å²) in [6, 6.07) is 7.72. The van der Waals surface area contributed by atoms with Crippen LogP contribution < -0.4 is 0 Å². The van der Waals surface area contributed by atoms with Gasteiger partial charge in [-0.05, 0) is 12.1 Å². The standard InChI is InChI=1S/C11H15NO5S/c13-9-8-12(7-6-11(14)15)18(16,17)10-4-2-1-3-5-10/h1-5,13H,6-9H2,(H,14,15). The topological polar surface area (TPSA) is 94.9 Å². The molecule has 7 heteroatoms. The third-order valence-corrected chi connectivity index (χ3v) is 4.22. The largest absolute Gasteiger partial charge is 0.481 e.